The van der Waals surface area contributed by atoms with E-state index < -0.39 is 0 Å². The van der Waals surface area contributed by atoms with Gasteiger partial charge in [0, 0.05) is 39.4 Å². The monoisotopic (exact) mass is 442 g/mol. The largest absolute Gasteiger partial charge is 0.338 e. The van der Waals surface area contributed by atoms with Crippen LogP contribution in [0.3, 0.4) is 0 Å². The standard InChI is InChI=1S/C30H26N4/c1-2-24-20-22-19-23(17-18-28(22)34(24)25-13-7-4-8-14-25)31-30-27-16-10-9-15-26(27)29(32-33-30)21-11-5-3-6-12-21/h3-19,24H,2,20H2,1H3,(H,31,33). The summed E-state index contributed by atoms with van der Waals surface area (Å²) in [6.45, 7) is 2.27. The quantitative estimate of drug-likeness (QED) is 0.306. The van der Waals surface area contributed by atoms with Gasteiger partial charge in [-0.2, -0.15) is 0 Å². The summed E-state index contributed by atoms with van der Waals surface area (Å²) in [5.41, 5.74) is 6.91. The molecule has 1 unspecified atom stereocenters. The Morgan fingerprint density at radius 2 is 1.50 bits per heavy atom. The predicted molar refractivity (Wildman–Crippen MR) is 141 cm³/mol. The summed E-state index contributed by atoms with van der Waals surface area (Å²) >= 11 is 0. The van der Waals surface area contributed by atoms with E-state index in [0.29, 0.717) is 6.04 Å². The van der Waals surface area contributed by atoms with Crippen LogP contribution in [-0.2, 0) is 6.42 Å². The summed E-state index contributed by atoms with van der Waals surface area (Å²) in [6, 6.07) is 36.4. The SMILES string of the molecule is CCC1Cc2cc(Nc3nnc(-c4ccccc4)c4ccccc34)ccc2N1c1ccccc1. The highest BCUT2D eigenvalue weighted by molar-refractivity contribution is 6.00. The lowest BCUT2D eigenvalue weighted by Crippen LogP contribution is -2.26. The van der Waals surface area contributed by atoms with Gasteiger partial charge in [-0.25, -0.2) is 0 Å². The summed E-state index contributed by atoms with van der Waals surface area (Å²) < 4.78 is 0. The highest BCUT2D eigenvalue weighted by Gasteiger charge is 2.29. The highest BCUT2D eigenvalue weighted by Crippen LogP contribution is 2.41. The molecule has 1 aliphatic rings. The van der Waals surface area contributed by atoms with Gasteiger partial charge in [0.15, 0.2) is 5.82 Å². The molecule has 1 aliphatic heterocycles. The van der Waals surface area contributed by atoms with Crippen molar-refractivity contribution in [1.82, 2.24) is 10.2 Å². The second-order valence-corrected chi connectivity index (χ2v) is 8.75. The van der Waals surface area contributed by atoms with Gasteiger partial charge >= 0.3 is 0 Å². The van der Waals surface area contributed by atoms with Crippen LogP contribution in [0.1, 0.15) is 18.9 Å². The average molecular weight is 443 g/mol. The fourth-order valence-electron chi connectivity index (χ4n) is 5.01. The minimum atomic E-state index is 0.471. The van der Waals surface area contributed by atoms with Crippen LogP contribution in [0.2, 0.25) is 0 Å². The number of para-hydroxylation sites is 1. The predicted octanol–water partition coefficient (Wildman–Crippen LogP) is 7.51. The first-order valence-corrected chi connectivity index (χ1v) is 11.9. The minimum Gasteiger partial charge on any atom is -0.338 e. The molecular weight excluding hydrogens is 416 g/mol. The summed E-state index contributed by atoms with van der Waals surface area (Å²) in [4.78, 5) is 2.48. The van der Waals surface area contributed by atoms with E-state index in [1.165, 1.54) is 16.9 Å². The second kappa shape index (κ2) is 8.64. The Morgan fingerprint density at radius 3 is 2.26 bits per heavy atom. The molecule has 5 aromatic rings. The Morgan fingerprint density at radius 1 is 0.794 bits per heavy atom. The van der Waals surface area contributed by atoms with Crippen LogP contribution in [0.15, 0.2) is 103 Å². The molecule has 1 N–H and O–H groups in total. The van der Waals surface area contributed by atoms with Crippen molar-refractivity contribution in [3.05, 3.63) is 109 Å². The molecule has 0 bridgehead atoms. The summed E-state index contributed by atoms with van der Waals surface area (Å²) in [5.74, 6) is 0.778. The number of fused-ring (bicyclic) bond motifs is 2. The summed E-state index contributed by atoms with van der Waals surface area (Å²) in [5, 5.41) is 14.9. The number of nitrogens with one attached hydrogen (secondary N) is 1. The van der Waals surface area contributed by atoms with E-state index in [0.717, 1.165) is 46.4 Å². The zero-order valence-corrected chi connectivity index (χ0v) is 19.1. The van der Waals surface area contributed by atoms with E-state index >= 15 is 0 Å². The maximum atomic E-state index is 4.60. The van der Waals surface area contributed by atoms with Crippen molar-refractivity contribution < 1.29 is 0 Å². The Bertz CT molecular complexity index is 1450. The van der Waals surface area contributed by atoms with Crippen LogP contribution in [0.5, 0.6) is 0 Å². The average Bonchev–Trinajstić information content (AvgIpc) is 3.28. The Kier molecular flexibility index (Phi) is 5.19. The third kappa shape index (κ3) is 3.57. The first-order chi connectivity index (χ1) is 16.8. The fourth-order valence-corrected chi connectivity index (χ4v) is 5.01. The molecule has 0 saturated carbocycles. The van der Waals surface area contributed by atoms with Crippen molar-refractivity contribution in [3.8, 4) is 11.3 Å². The highest BCUT2D eigenvalue weighted by atomic mass is 15.2. The van der Waals surface area contributed by atoms with Crippen LogP contribution in [0.4, 0.5) is 22.9 Å². The number of nitrogens with zero attached hydrogens (tertiary/aromatic N) is 3. The molecular formula is C30H26N4. The molecule has 4 aromatic carbocycles. The van der Waals surface area contributed by atoms with Gasteiger partial charge < -0.3 is 10.2 Å². The molecule has 1 aromatic heterocycles. The number of hydrogen-bond donors (Lipinski definition) is 1. The molecule has 6 rings (SSSR count). The Hall–Kier alpha value is -4.18. The van der Waals surface area contributed by atoms with Crippen molar-refractivity contribution in [2.75, 3.05) is 10.2 Å². The Labute approximate surface area is 199 Å². The minimum absolute atomic E-state index is 0.471. The van der Waals surface area contributed by atoms with E-state index in [1.807, 2.05) is 18.2 Å². The number of hydrogen-bond acceptors (Lipinski definition) is 4. The van der Waals surface area contributed by atoms with Crippen LogP contribution >= 0.6 is 0 Å². The molecule has 1 atom stereocenters. The Balaban J connectivity index is 1.36. The van der Waals surface area contributed by atoms with Gasteiger partial charge in [0.1, 0.15) is 5.69 Å². The van der Waals surface area contributed by atoms with Gasteiger partial charge in [-0.05, 0) is 48.7 Å². The smallest absolute Gasteiger partial charge is 0.161 e. The molecule has 4 heteroatoms. The lowest BCUT2D eigenvalue weighted by molar-refractivity contribution is 0.663. The first kappa shape index (κ1) is 20.4. The number of anilines is 4. The molecule has 34 heavy (non-hydrogen) atoms. The third-order valence-corrected chi connectivity index (χ3v) is 6.66. The van der Waals surface area contributed by atoms with Gasteiger partial charge in [-0.15, -0.1) is 10.2 Å². The van der Waals surface area contributed by atoms with E-state index in [9.17, 15) is 0 Å². The van der Waals surface area contributed by atoms with Crippen LogP contribution < -0.4 is 10.2 Å². The van der Waals surface area contributed by atoms with Gasteiger partial charge in [-0.1, -0.05) is 79.7 Å². The first-order valence-electron chi connectivity index (χ1n) is 11.9. The molecule has 0 spiro atoms. The molecule has 2 heterocycles. The van der Waals surface area contributed by atoms with Crippen LogP contribution in [0, 0.1) is 0 Å². The van der Waals surface area contributed by atoms with Gasteiger partial charge in [0.2, 0.25) is 0 Å². The van der Waals surface area contributed by atoms with Crippen LogP contribution in [-0.4, -0.2) is 16.2 Å². The van der Waals surface area contributed by atoms with Crippen LogP contribution in [0.25, 0.3) is 22.0 Å². The maximum Gasteiger partial charge on any atom is 0.161 e. The molecule has 0 radical (unpaired) electrons. The van der Waals surface area contributed by atoms with Crippen molar-refractivity contribution in [2.45, 2.75) is 25.8 Å². The lowest BCUT2D eigenvalue weighted by atomic mass is 10.0. The van der Waals surface area contributed by atoms with Crippen molar-refractivity contribution in [2.24, 2.45) is 0 Å². The summed E-state index contributed by atoms with van der Waals surface area (Å²) in [7, 11) is 0. The molecule has 0 aliphatic carbocycles. The summed E-state index contributed by atoms with van der Waals surface area (Å²) in [6.07, 6.45) is 2.14. The lowest BCUT2D eigenvalue weighted by Gasteiger charge is -2.27. The molecule has 0 saturated heterocycles. The second-order valence-electron chi connectivity index (χ2n) is 8.75. The van der Waals surface area contributed by atoms with Crippen molar-refractivity contribution >= 4 is 33.7 Å². The number of benzene rings is 4. The molecule has 166 valence electrons. The molecule has 0 fully saturated rings. The third-order valence-electron chi connectivity index (χ3n) is 6.66. The zero-order chi connectivity index (χ0) is 22.9. The zero-order valence-electron chi connectivity index (χ0n) is 19.1. The molecule has 4 nitrogen and oxygen atoms in total. The van der Waals surface area contributed by atoms with Crippen molar-refractivity contribution in [1.29, 1.82) is 0 Å². The normalized spacial score (nSPS) is 14.9. The van der Waals surface area contributed by atoms with E-state index in [-0.39, 0.29) is 0 Å². The van der Waals surface area contributed by atoms with Crippen molar-refractivity contribution in [3.63, 3.8) is 0 Å². The topological polar surface area (TPSA) is 41.1 Å². The van der Waals surface area contributed by atoms with E-state index in [1.54, 1.807) is 0 Å². The number of aromatic nitrogens is 2. The fraction of sp³-hybridized carbons (Fsp3) is 0.133. The van der Waals surface area contributed by atoms with Gasteiger partial charge in [0.05, 0.1) is 0 Å². The van der Waals surface area contributed by atoms with Gasteiger partial charge in [-0.3, -0.25) is 0 Å². The number of rotatable bonds is 5. The molecule has 0 amide bonds. The van der Waals surface area contributed by atoms with E-state index in [4.69, 9.17) is 0 Å². The maximum absolute atomic E-state index is 4.60. The van der Waals surface area contributed by atoms with Gasteiger partial charge in [0.25, 0.3) is 0 Å². The van der Waals surface area contributed by atoms with E-state index in [2.05, 4.69) is 112 Å².